The van der Waals surface area contributed by atoms with Crippen molar-refractivity contribution in [3.05, 3.63) is 69.9 Å². The molecule has 1 N–H and O–H groups in total. The molecule has 1 unspecified atom stereocenters. The average Bonchev–Trinajstić information content (AvgIpc) is 3.12. The summed E-state index contributed by atoms with van der Waals surface area (Å²) >= 11 is 4.78. The summed E-state index contributed by atoms with van der Waals surface area (Å²) < 4.78 is 14.0. The van der Waals surface area contributed by atoms with Crippen molar-refractivity contribution < 1.29 is 14.0 Å². The molecule has 2 aromatic carbocycles. The summed E-state index contributed by atoms with van der Waals surface area (Å²) in [4.78, 5) is 26.7. The Labute approximate surface area is 157 Å². The van der Waals surface area contributed by atoms with Gasteiger partial charge < -0.3 is 10.2 Å². The summed E-state index contributed by atoms with van der Waals surface area (Å²) in [5.74, 6) is -0.0979. The van der Waals surface area contributed by atoms with Crippen LogP contribution in [0.5, 0.6) is 0 Å². The normalized spacial score (nSPS) is 16.7. The number of nitrogens with one attached hydrogen (secondary N) is 1. The molecule has 0 bridgehead atoms. The largest absolute Gasteiger partial charge is 0.350 e. The summed E-state index contributed by atoms with van der Waals surface area (Å²) in [5, 5.41) is 2.87. The molecular weight excluding hydrogens is 407 g/mol. The van der Waals surface area contributed by atoms with Crippen LogP contribution in [0.1, 0.15) is 15.9 Å². The minimum Gasteiger partial charge on any atom is -0.350 e. The third-order valence-corrected chi connectivity index (χ3v) is 5.62. The van der Waals surface area contributed by atoms with Crippen molar-refractivity contribution in [2.24, 2.45) is 0 Å². The number of hydrogen-bond donors (Lipinski definition) is 1. The molecule has 1 fully saturated rings. The van der Waals surface area contributed by atoms with Crippen LogP contribution in [0.25, 0.3) is 0 Å². The number of halogens is 2. The van der Waals surface area contributed by atoms with E-state index in [1.54, 1.807) is 0 Å². The highest BCUT2D eigenvalue weighted by Crippen LogP contribution is 2.26. The van der Waals surface area contributed by atoms with Crippen LogP contribution in [-0.2, 0) is 11.3 Å². The van der Waals surface area contributed by atoms with Crippen molar-refractivity contribution in [2.75, 3.05) is 11.6 Å². The van der Waals surface area contributed by atoms with Crippen LogP contribution in [0.15, 0.2) is 53.0 Å². The molecule has 130 valence electrons. The van der Waals surface area contributed by atoms with E-state index in [1.165, 1.54) is 34.9 Å². The van der Waals surface area contributed by atoms with E-state index in [0.29, 0.717) is 22.6 Å². The fourth-order valence-corrected chi connectivity index (χ4v) is 4.15. The lowest BCUT2D eigenvalue weighted by Crippen LogP contribution is -2.47. The smallest absolute Gasteiger partial charge is 0.256 e. The number of thioether (sulfide) groups is 1. The van der Waals surface area contributed by atoms with Crippen molar-refractivity contribution in [3.8, 4) is 0 Å². The molecule has 3 rings (SSSR count). The van der Waals surface area contributed by atoms with E-state index >= 15 is 0 Å². The first-order chi connectivity index (χ1) is 12.1. The molecule has 0 aliphatic carbocycles. The maximum absolute atomic E-state index is 13.5. The monoisotopic (exact) mass is 422 g/mol. The zero-order valence-corrected chi connectivity index (χ0v) is 15.6. The van der Waals surface area contributed by atoms with Gasteiger partial charge in [0.1, 0.15) is 11.9 Å². The summed E-state index contributed by atoms with van der Waals surface area (Å²) in [6.07, 6.45) is 0. The second kappa shape index (κ2) is 8.01. The second-order valence-corrected chi connectivity index (χ2v) is 7.47. The molecule has 1 atom stereocenters. The molecule has 0 aromatic heterocycles. The molecule has 2 aromatic rings. The Bertz CT molecular complexity index is 788. The van der Waals surface area contributed by atoms with Crippen molar-refractivity contribution in [1.29, 1.82) is 0 Å². The van der Waals surface area contributed by atoms with Gasteiger partial charge in [0, 0.05) is 16.8 Å². The second-order valence-electron chi connectivity index (χ2n) is 5.62. The third-order valence-electron chi connectivity index (χ3n) is 3.91. The quantitative estimate of drug-likeness (QED) is 0.820. The SMILES string of the molecule is O=C(NCc1ccccc1)C1CSCN1C(=O)c1cc(F)ccc1Br. The molecule has 7 heteroatoms. The van der Waals surface area contributed by atoms with E-state index in [9.17, 15) is 14.0 Å². The molecule has 1 aliphatic heterocycles. The Morgan fingerprint density at radius 2 is 2.00 bits per heavy atom. The van der Waals surface area contributed by atoms with Gasteiger partial charge in [-0.3, -0.25) is 9.59 Å². The molecule has 0 spiro atoms. The van der Waals surface area contributed by atoms with E-state index < -0.39 is 11.9 Å². The lowest BCUT2D eigenvalue weighted by atomic mass is 10.1. The van der Waals surface area contributed by atoms with Crippen LogP contribution < -0.4 is 5.32 Å². The number of benzene rings is 2. The Morgan fingerprint density at radius 1 is 1.24 bits per heavy atom. The first kappa shape index (κ1) is 17.9. The molecular formula is C18H16BrFN2O2S. The van der Waals surface area contributed by atoms with Crippen LogP contribution in [-0.4, -0.2) is 34.4 Å². The molecule has 2 amide bonds. The van der Waals surface area contributed by atoms with Gasteiger partial charge in [0.15, 0.2) is 0 Å². The average molecular weight is 423 g/mol. The maximum Gasteiger partial charge on any atom is 0.256 e. The molecule has 25 heavy (non-hydrogen) atoms. The van der Waals surface area contributed by atoms with Gasteiger partial charge in [-0.2, -0.15) is 0 Å². The molecule has 1 heterocycles. The topological polar surface area (TPSA) is 49.4 Å². The van der Waals surface area contributed by atoms with E-state index in [0.717, 1.165) is 5.56 Å². The molecule has 1 aliphatic rings. The van der Waals surface area contributed by atoms with E-state index in [2.05, 4.69) is 21.2 Å². The van der Waals surface area contributed by atoms with Crippen LogP contribution in [0, 0.1) is 5.82 Å². The van der Waals surface area contributed by atoms with Gasteiger partial charge in [-0.15, -0.1) is 11.8 Å². The molecule has 1 saturated heterocycles. The summed E-state index contributed by atoms with van der Waals surface area (Å²) in [7, 11) is 0. The number of carbonyl (C=O) groups excluding carboxylic acids is 2. The fraction of sp³-hybridized carbons (Fsp3) is 0.222. The predicted octanol–water partition coefficient (Wildman–Crippen LogP) is 3.42. The Morgan fingerprint density at radius 3 is 2.76 bits per heavy atom. The fourth-order valence-electron chi connectivity index (χ4n) is 2.58. The molecule has 0 saturated carbocycles. The molecule has 4 nitrogen and oxygen atoms in total. The van der Waals surface area contributed by atoms with Crippen LogP contribution in [0.3, 0.4) is 0 Å². The Kier molecular flexibility index (Phi) is 5.75. The number of amides is 2. The highest BCUT2D eigenvalue weighted by atomic mass is 79.9. The van der Waals surface area contributed by atoms with Crippen molar-refractivity contribution in [3.63, 3.8) is 0 Å². The van der Waals surface area contributed by atoms with Gasteiger partial charge >= 0.3 is 0 Å². The van der Waals surface area contributed by atoms with Crippen molar-refractivity contribution in [2.45, 2.75) is 12.6 Å². The minimum atomic E-state index is -0.559. The third kappa shape index (κ3) is 4.22. The standard InChI is InChI=1S/C18H16BrFN2O2S/c19-15-7-6-13(20)8-14(15)18(24)22-11-25-10-16(22)17(23)21-9-12-4-2-1-3-5-12/h1-8,16H,9-11H2,(H,21,23). The van der Waals surface area contributed by atoms with E-state index in [4.69, 9.17) is 0 Å². The highest BCUT2D eigenvalue weighted by molar-refractivity contribution is 9.10. The lowest BCUT2D eigenvalue weighted by Gasteiger charge is -2.23. The zero-order chi connectivity index (χ0) is 17.8. The van der Waals surface area contributed by atoms with E-state index in [-0.39, 0.29) is 17.4 Å². The zero-order valence-electron chi connectivity index (χ0n) is 13.2. The van der Waals surface area contributed by atoms with Gasteiger partial charge in [-0.05, 0) is 39.7 Å². The van der Waals surface area contributed by atoms with Crippen molar-refractivity contribution >= 4 is 39.5 Å². The summed E-state index contributed by atoms with van der Waals surface area (Å²) in [5.41, 5.74) is 1.22. The van der Waals surface area contributed by atoms with Gasteiger partial charge in [0.05, 0.1) is 11.4 Å². The molecule has 0 radical (unpaired) electrons. The number of carbonyl (C=O) groups is 2. The first-order valence-corrected chi connectivity index (χ1v) is 9.66. The Balaban J connectivity index is 1.70. The summed E-state index contributed by atoms with van der Waals surface area (Å²) in [6.45, 7) is 0.409. The van der Waals surface area contributed by atoms with Crippen LogP contribution in [0.4, 0.5) is 4.39 Å². The lowest BCUT2D eigenvalue weighted by molar-refractivity contribution is -0.124. The van der Waals surface area contributed by atoms with Gasteiger partial charge in [0.25, 0.3) is 5.91 Å². The van der Waals surface area contributed by atoms with Crippen LogP contribution in [0.2, 0.25) is 0 Å². The van der Waals surface area contributed by atoms with Crippen molar-refractivity contribution in [1.82, 2.24) is 10.2 Å². The number of hydrogen-bond acceptors (Lipinski definition) is 3. The number of nitrogens with zero attached hydrogens (tertiary/aromatic N) is 1. The maximum atomic E-state index is 13.5. The van der Waals surface area contributed by atoms with Gasteiger partial charge in [-0.25, -0.2) is 4.39 Å². The Hall–Kier alpha value is -1.86. The van der Waals surface area contributed by atoms with Gasteiger partial charge in [0.2, 0.25) is 5.91 Å². The summed E-state index contributed by atoms with van der Waals surface area (Å²) in [6, 6.07) is 13.0. The van der Waals surface area contributed by atoms with E-state index in [1.807, 2.05) is 30.3 Å². The predicted molar refractivity (Wildman–Crippen MR) is 99.7 cm³/mol. The first-order valence-electron chi connectivity index (χ1n) is 7.71. The van der Waals surface area contributed by atoms with Crippen LogP contribution >= 0.6 is 27.7 Å². The number of rotatable bonds is 4. The minimum absolute atomic E-state index is 0.199. The highest BCUT2D eigenvalue weighted by Gasteiger charge is 2.35. The van der Waals surface area contributed by atoms with Gasteiger partial charge in [-0.1, -0.05) is 30.3 Å².